The maximum absolute atomic E-state index is 13.0. The highest BCUT2D eigenvalue weighted by atomic mass is 19.1. The van der Waals surface area contributed by atoms with Crippen molar-refractivity contribution in [1.82, 2.24) is 14.7 Å². The van der Waals surface area contributed by atoms with Crippen molar-refractivity contribution in [3.05, 3.63) is 53.6 Å². The van der Waals surface area contributed by atoms with Gasteiger partial charge in [-0.3, -0.25) is 9.48 Å². The van der Waals surface area contributed by atoms with Crippen LogP contribution in [0.15, 0.2) is 36.7 Å². The van der Waals surface area contributed by atoms with E-state index in [2.05, 4.69) is 5.10 Å². The third-order valence-corrected chi connectivity index (χ3v) is 3.97. The molecule has 124 valence electrons. The minimum absolute atomic E-state index is 0.0539. The van der Waals surface area contributed by atoms with Crippen molar-refractivity contribution in [3.8, 4) is 0 Å². The van der Waals surface area contributed by atoms with Crippen molar-refractivity contribution in [3.63, 3.8) is 0 Å². The van der Waals surface area contributed by atoms with Gasteiger partial charge in [0.1, 0.15) is 5.82 Å². The van der Waals surface area contributed by atoms with Crippen LogP contribution in [0.3, 0.4) is 0 Å². The van der Waals surface area contributed by atoms with Gasteiger partial charge in [0, 0.05) is 37.8 Å². The van der Waals surface area contributed by atoms with Crippen molar-refractivity contribution in [2.75, 3.05) is 0 Å². The Kier molecular flexibility index (Phi) is 5.53. The normalized spacial score (nSPS) is 12.4. The van der Waals surface area contributed by atoms with Gasteiger partial charge in [0.2, 0.25) is 5.91 Å². The van der Waals surface area contributed by atoms with E-state index in [9.17, 15) is 9.18 Å². The van der Waals surface area contributed by atoms with Gasteiger partial charge in [0.25, 0.3) is 0 Å². The molecule has 1 heterocycles. The molecule has 2 aromatic rings. The number of rotatable bonds is 6. The monoisotopic (exact) mass is 317 g/mol. The van der Waals surface area contributed by atoms with Gasteiger partial charge in [-0.1, -0.05) is 19.1 Å². The summed E-state index contributed by atoms with van der Waals surface area (Å²) in [6, 6.07) is 6.48. The highest BCUT2D eigenvalue weighted by Gasteiger charge is 2.21. The number of hydrogen-bond acceptors (Lipinski definition) is 2. The second-order valence-electron chi connectivity index (χ2n) is 6.29. The first-order valence-corrected chi connectivity index (χ1v) is 7.89. The Balaban J connectivity index is 2.04. The van der Waals surface area contributed by atoms with Crippen LogP contribution in [-0.2, 0) is 18.4 Å². The van der Waals surface area contributed by atoms with E-state index in [1.54, 1.807) is 23.0 Å². The third-order valence-electron chi connectivity index (χ3n) is 3.97. The minimum Gasteiger partial charge on any atom is -0.336 e. The average Bonchev–Trinajstić information content (AvgIpc) is 2.90. The molecule has 23 heavy (non-hydrogen) atoms. The van der Waals surface area contributed by atoms with Gasteiger partial charge in [-0.2, -0.15) is 5.10 Å². The lowest BCUT2D eigenvalue weighted by atomic mass is 9.97. The fourth-order valence-electron chi connectivity index (χ4n) is 2.60. The summed E-state index contributed by atoms with van der Waals surface area (Å²) in [6.07, 6.45) is 4.11. The molecule has 0 fully saturated rings. The van der Waals surface area contributed by atoms with Crippen LogP contribution in [0.5, 0.6) is 0 Å². The largest absolute Gasteiger partial charge is 0.336 e. The number of nitrogens with zero attached hydrogens (tertiary/aromatic N) is 3. The minimum atomic E-state index is -0.257. The van der Waals surface area contributed by atoms with E-state index in [0.717, 1.165) is 11.1 Å². The van der Waals surface area contributed by atoms with Gasteiger partial charge in [-0.15, -0.1) is 0 Å². The number of hydrogen-bond donors (Lipinski definition) is 0. The summed E-state index contributed by atoms with van der Waals surface area (Å²) in [6.45, 7) is 6.57. The Labute approximate surface area is 136 Å². The van der Waals surface area contributed by atoms with E-state index in [0.29, 0.717) is 13.0 Å². The molecule has 0 saturated carbocycles. The molecule has 1 aromatic heterocycles. The molecule has 0 unspecified atom stereocenters. The van der Waals surface area contributed by atoms with E-state index in [-0.39, 0.29) is 23.7 Å². The zero-order chi connectivity index (χ0) is 17.0. The average molecular weight is 317 g/mol. The fraction of sp³-hybridized carbons (Fsp3) is 0.444. The molecular formula is C18H24FN3O. The van der Waals surface area contributed by atoms with Crippen LogP contribution >= 0.6 is 0 Å². The molecule has 0 spiro atoms. The molecule has 0 aliphatic rings. The molecular weight excluding hydrogens is 293 g/mol. The van der Waals surface area contributed by atoms with Crippen LogP contribution in [-0.4, -0.2) is 26.6 Å². The Morgan fingerprint density at radius 1 is 1.26 bits per heavy atom. The fourth-order valence-corrected chi connectivity index (χ4v) is 2.60. The van der Waals surface area contributed by atoms with Gasteiger partial charge < -0.3 is 4.90 Å². The highest BCUT2D eigenvalue weighted by molar-refractivity contribution is 5.77. The van der Waals surface area contributed by atoms with E-state index < -0.39 is 0 Å². The standard InChI is InChI=1S/C18H24FN3O/c1-13(2)22(12-15-10-20-21(4)11-15)18(23)9-14(3)16-5-7-17(19)8-6-16/h5-8,10-11,13-14H,9,12H2,1-4H3/t14-/m1/s1. The van der Waals surface area contributed by atoms with Crippen molar-refractivity contribution in [2.24, 2.45) is 7.05 Å². The number of halogens is 1. The summed E-state index contributed by atoms with van der Waals surface area (Å²) < 4.78 is 14.7. The quantitative estimate of drug-likeness (QED) is 0.818. The highest BCUT2D eigenvalue weighted by Crippen LogP contribution is 2.21. The summed E-state index contributed by atoms with van der Waals surface area (Å²) in [7, 11) is 1.86. The molecule has 0 aliphatic carbocycles. The number of amides is 1. The molecule has 2 rings (SSSR count). The first-order chi connectivity index (χ1) is 10.9. The van der Waals surface area contributed by atoms with Crippen LogP contribution < -0.4 is 0 Å². The maximum atomic E-state index is 13.0. The second-order valence-corrected chi connectivity index (χ2v) is 6.29. The lowest BCUT2D eigenvalue weighted by Crippen LogP contribution is -2.36. The van der Waals surface area contributed by atoms with Crippen molar-refractivity contribution in [2.45, 2.75) is 45.7 Å². The Hall–Kier alpha value is -2.17. The van der Waals surface area contributed by atoms with E-state index in [1.165, 1.54) is 12.1 Å². The van der Waals surface area contributed by atoms with Crippen LogP contribution in [0.25, 0.3) is 0 Å². The number of carbonyl (C=O) groups is 1. The summed E-state index contributed by atoms with van der Waals surface area (Å²) in [5.41, 5.74) is 1.99. The van der Waals surface area contributed by atoms with E-state index in [4.69, 9.17) is 0 Å². The molecule has 4 nitrogen and oxygen atoms in total. The zero-order valence-corrected chi connectivity index (χ0v) is 14.2. The molecule has 0 bridgehead atoms. The van der Waals surface area contributed by atoms with Gasteiger partial charge in [0.15, 0.2) is 0 Å². The number of benzene rings is 1. The Morgan fingerprint density at radius 2 is 1.91 bits per heavy atom. The van der Waals surface area contributed by atoms with Gasteiger partial charge in [-0.05, 0) is 37.5 Å². The zero-order valence-electron chi connectivity index (χ0n) is 14.2. The van der Waals surface area contributed by atoms with E-state index in [1.807, 2.05) is 38.9 Å². The van der Waals surface area contributed by atoms with Crippen molar-refractivity contribution >= 4 is 5.91 Å². The molecule has 0 aliphatic heterocycles. The lowest BCUT2D eigenvalue weighted by Gasteiger charge is -2.27. The summed E-state index contributed by atoms with van der Waals surface area (Å²) in [5, 5.41) is 4.15. The maximum Gasteiger partial charge on any atom is 0.223 e. The SMILES string of the molecule is CC(C)N(Cc1cnn(C)c1)C(=O)C[C@@H](C)c1ccc(F)cc1. The smallest absolute Gasteiger partial charge is 0.223 e. The molecule has 0 N–H and O–H groups in total. The predicted octanol–water partition coefficient (Wildman–Crippen LogP) is 3.49. The van der Waals surface area contributed by atoms with Gasteiger partial charge >= 0.3 is 0 Å². The number of carbonyl (C=O) groups excluding carboxylic acids is 1. The summed E-state index contributed by atoms with van der Waals surface area (Å²) >= 11 is 0. The van der Waals surface area contributed by atoms with Crippen LogP contribution in [0.2, 0.25) is 0 Å². The molecule has 5 heteroatoms. The third kappa shape index (κ3) is 4.65. The van der Waals surface area contributed by atoms with Crippen LogP contribution in [0, 0.1) is 5.82 Å². The predicted molar refractivity (Wildman–Crippen MR) is 88.3 cm³/mol. The molecule has 1 amide bonds. The topological polar surface area (TPSA) is 38.1 Å². The van der Waals surface area contributed by atoms with Crippen molar-refractivity contribution in [1.29, 1.82) is 0 Å². The first kappa shape index (κ1) is 17.2. The van der Waals surface area contributed by atoms with Gasteiger partial charge in [0.05, 0.1) is 6.20 Å². The Morgan fingerprint density at radius 3 is 2.43 bits per heavy atom. The second kappa shape index (κ2) is 7.40. The number of aryl methyl sites for hydroxylation is 1. The molecule has 0 radical (unpaired) electrons. The molecule has 1 aromatic carbocycles. The number of aromatic nitrogens is 2. The van der Waals surface area contributed by atoms with Gasteiger partial charge in [-0.25, -0.2) is 4.39 Å². The lowest BCUT2D eigenvalue weighted by molar-refractivity contribution is -0.133. The molecule has 0 saturated heterocycles. The summed E-state index contributed by atoms with van der Waals surface area (Å²) in [5.74, 6) is -0.105. The van der Waals surface area contributed by atoms with Crippen molar-refractivity contribution < 1.29 is 9.18 Å². The van der Waals surface area contributed by atoms with Crippen LogP contribution in [0.1, 0.15) is 44.2 Å². The first-order valence-electron chi connectivity index (χ1n) is 7.89. The Bertz CT molecular complexity index is 649. The van der Waals surface area contributed by atoms with Crippen LogP contribution in [0.4, 0.5) is 4.39 Å². The summed E-state index contributed by atoms with van der Waals surface area (Å²) in [4.78, 5) is 14.5. The molecule has 1 atom stereocenters. The van der Waals surface area contributed by atoms with E-state index >= 15 is 0 Å².